The lowest BCUT2D eigenvalue weighted by Gasteiger charge is -2.12. The van der Waals surface area contributed by atoms with Crippen LogP contribution in [0.1, 0.15) is 12.0 Å². The minimum atomic E-state index is -0.360. The Hall–Kier alpha value is -1.71. The highest BCUT2D eigenvalue weighted by atomic mass is 16.5. The first kappa shape index (κ1) is 8.87. The van der Waals surface area contributed by atoms with E-state index in [1.165, 1.54) is 7.11 Å². The average Bonchev–Trinajstić information content (AvgIpc) is 2.27. The minimum Gasteiger partial charge on any atom is -0.465 e. The number of aryl methyl sites for hydroxylation is 1. The Morgan fingerprint density at radius 2 is 2.36 bits per heavy atom. The van der Waals surface area contributed by atoms with Crippen molar-refractivity contribution in [2.75, 3.05) is 7.11 Å². The predicted molar refractivity (Wildman–Crippen MR) is 51.7 cm³/mol. The maximum Gasteiger partial charge on any atom is 0.352 e. The van der Waals surface area contributed by atoms with Crippen LogP contribution in [0.4, 0.5) is 5.82 Å². The van der Waals surface area contributed by atoms with Crippen LogP contribution in [0.15, 0.2) is 23.3 Å². The van der Waals surface area contributed by atoms with E-state index in [4.69, 9.17) is 0 Å². The highest BCUT2D eigenvalue weighted by Gasteiger charge is 2.18. The molecule has 0 radical (unpaired) electrons. The summed E-state index contributed by atoms with van der Waals surface area (Å²) in [5, 5.41) is 0. The van der Waals surface area contributed by atoms with Gasteiger partial charge in [0.1, 0.15) is 5.71 Å². The molecule has 0 saturated heterocycles. The number of rotatable bonds is 1. The lowest BCUT2D eigenvalue weighted by atomic mass is 10.1. The molecule has 0 N–H and O–H groups in total. The van der Waals surface area contributed by atoms with E-state index in [2.05, 4.69) is 14.7 Å². The summed E-state index contributed by atoms with van der Waals surface area (Å²) >= 11 is 0. The van der Waals surface area contributed by atoms with Crippen molar-refractivity contribution in [3.63, 3.8) is 0 Å². The van der Waals surface area contributed by atoms with Gasteiger partial charge in [-0.25, -0.2) is 14.8 Å². The van der Waals surface area contributed by atoms with E-state index in [9.17, 15) is 4.79 Å². The van der Waals surface area contributed by atoms with Gasteiger partial charge in [0, 0.05) is 12.6 Å². The zero-order valence-corrected chi connectivity index (χ0v) is 7.86. The molecule has 0 atom stereocenters. The number of pyridine rings is 1. The smallest absolute Gasteiger partial charge is 0.352 e. The van der Waals surface area contributed by atoms with Crippen LogP contribution >= 0.6 is 0 Å². The number of aromatic nitrogens is 1. The number of esters is 1. The zero-order valence-electron chi connectivity index (χ0n) is 7.86. The zero-order chi connectivity index (χ0) is 9.97. The second kappa shape index (κ2) is 3.57. The molecule has 0 aromatic carbocycles. The summed E-state index contributed by atoms with van der Waals surface area (Å²) in [4.78, 5) is 19.4. The Kier molecular flexibility index (Phi) is 2.26. The van der Waals surface area contributed by atoms with Crippen molar-refractivity contribution in [3.05, 3.63) is 23.9 Å². The van der Waals surface area contributed by atoms with Gasteiger partial charge in [-0.3, -0.25) is 0 Å². The van der Waals surface area contributed by atoms with Crippen molar-refractivity contribution in [1.29, 1.82) is 0 Å². The molecule has 0 fully saturated rings. The molecule has 1 aliphatic heterocycles. The number of hydrogen-bond donors (Lipinski definition) is 0. The lowest BCUT2D eigenvalue weighted by molar-refractivity contribution is -0.132. The van der Waals surface area contributed by atoms with Gasteiger partial charge in [0.15, 0.2) is 5.82 Å². The fourth-order valence-electron chi connectivity index (χ4n) is 1.43. The Morgan fingerprint density at radius 1 is 1.50 bits per heavy atom. The van der Waals surface area contributed by atoms with Crippen LogP contribution in [0.3, 0.4) is 0 Å². The van der Waals surface area contributed by atoms with Crippen molar-refractivity contribution < 1.29 is 9.53 Å². The Balaban J connectivity index is 2.36. The summed E-state index contributed by atoms with van der Waals surface area (Å²) in [5.74, 6) is 0.278. The monoisotopic (exact) mass is 190 g/mol. The first-order valence-electron chi connectivity index (χ1n) is 4.41. The second-order valence-electron chi connectivity index (χ2n) is 3.04. The number of aliphatic imine (C=N–C) groups is 1. The molecular weight excluding hydrogens is 180 g/mol. The van der Waals surface area contributed by atoms with E-state index >= 15 is 0 Å². The molecular formula is C10H10N2O2. The van der Waals surface area contributed by atoms with Crippen LogP contribution in [0.5, 0.6) is 0 Å². The maximum atomic E-state index is 11.2. The summed E-state index contributed by atoms with van der Waals surface area (Å²) in [5.41, 5.74) is 1.54. The highest BCUT2D eigenvalue weighted by Crippen LogP contribution is 2.22. The van der Waals surface area contributed by atoms with Gasteiger partial charge in [-0.05, 0) is 18.1 Å². The SMILES string of the molecule is COC(=O)C1=Nc2ncccc2CC1. The molecule has 0 unspecified atom stereocenters. The molecule has 1 aliphatic rings. The molecule has 4 nitrogen and oxygen atoms in total. The number of carbonyl (C=O) groups excluding carboxylic acids is 1. The van der Waals surface area contributed by atoms with E-state index in [0.29, 0.717) is 18.0 Å². The van der Waals surface area contributed by atoms with Crippen molar-refractivity contribution in [2.45, 2.75) is 12.8 Å². The molecule has 4 heteroatoms. The van der Waals surface area contributed by atoms with Gasteiger partial charge in [0.2, 0.25) is 0 Å². The van der Waals surface area contributed by atoms with Gasteiger partial charge in [-0.15, -0.1) is 0 Å². The number of hydrogen-bond acceptors (Lipinski definition) is 4. The molecule has 2 rings (SSSR count). The first-order valence-corrected chi connectivity index (χ1v) is 4.41. The van der Waals surface area contributed by atoms with E-state index in [0.717, 1.165) is 12.0 Å². The Labute approximate surface area is 81.6 Å². The third-order valence-corrected chi connectivity index (χ3v) is 2.16. The summed E-state index contributed by atoms with van der Waals surface area (Å²) in [7, 11) is 1.36. The average molecular weight is 190 g/mol. The standard InChI is InChI=1S/C10H10N2O2/c1-14-10(13)8-5-4-7-3-2-6-11-9(7)12-8/h2-3,6H,4-5H2,1H3. The van der Waals surface area contributed by atoms with Gasteiger partial charge in [0.25, 0.3) is 0 Å². The quantitative estimate of drug-likeness (QED) is 0.626. The number of carbonyl (C=O) groups is 1. The molecule has 0 bridgehead atoms. The number of ether oxygens (including phenoxy) is 1. The maximum absolute atomic E-state index is 11.2. The second-order valence-corrected chi connectivity index (χ2v) is 3.04. The minimum absolute atomic E-state index is 0.360. The van der Waals surface area contributed by atoms with Gasteiger partial charge >= 0.3 is 5.97 Å². The van der Waals surface area contributed by atoms with E-state index in [1.807, 2.05) is 12.1 Å². The van der Waals surface area contributed by atoms with Crippen molar-refractivity contribution in [1.82, 2.24) is 4.98 Å². The van der Waals surface area contributed by atoms with E-state index in [-0.39, 0.29) is 5.97 Å². The van der Waals surface area contributed by atoms with Crippen LogP contribution in [0.2, 0.25) is 0 Å². The number of nitrogens with zero attached hydrogens (tertiary/aromatic N) is 2. The van der Waals surface area contributed by atoms with Crippen LogP contribution in [-0.4, -0.2) is 23.8 Å². The Morgan fingerprint density at radius 3 is 3.14 bits per heavy atom. The molecule has 72 valence electrons. The highest BCUT2D eigenvalue weighted by molar-refractivity contribution is 6.37. The number of fused-ring (bicyclic) bond motifs is 1. The van der Waals surface area contributed by atoms with Gasteiger partial charge in [-0.1, -0.05) is 6.07 Å². The predicted octanol–water partition coefficient (Wildman–Crippen LogP) is 1.27. The largest absolute Gasteiger partial charge is 0.465 e. The Bertz CT molecular complexity index is 399. The third-order valence-electron chi connectivity index (χ3n) is 2.16. The van der Waals surface area contributed by atoms with Gasteiger partial charge < -0.3 is 4.74 Å². The molecule has 1 aromatic heterocycles. The molecule has 0 spiro atoms. The van der Waals surface area contributed by atoms with E-state index < -0.39 is 0 Å². The number of methoxy groups -OCH3 is 1. The van der Waals surface area contributed by atoms with Crippen LogP contribution < -0.4 is 0 Å². The lowest BCUT2D eigenvalue weighted by Crippen LogP contribution is -2.19. The fraction of sp³-hybridized carbons (Fsp3) is 0.300. The molecule has 0 amide bonds. The van der Waals surface area contributed by atoms with Gasteiger partial charge in [0.05, 0.1) is 7.11 Å². The summed E-state index contributed by atoms with van der Waals surface area (Å²) in [6, 6.07) is 3.84. The van der Waals surface area contributed by atoms with Crippen LogP contribution in [0, 0.1) is 0 Å². The van der Waals surface area contributed by atoms with Crippen molar-refractivity contribution in [2.24, 2.45) is 4.99 Å². The normalized spacial score (nSPS) is 14.2. The van der Waals surface area contributed by atoms with Crippen LogP contribution in [0.25, 0.3) is 0 Å². The summed E-state index contributed by atoms with van der Waals surface area (Å²) < 4.78 is 4.61. The van der Waals surface area contributed by atoms with Crippen molar-refractivity contribution >= 4 is 17.5 Å². The fourth-order valence-corrected chi connectivity index (χ4v) is 1.43. The third kappa shape index (κ3) is 1.51. The first-order chi connectivity index (χ1) is 6.81. The summed E-state index contributed by atoms with van der Waals surface area (Å²) in [6.45, 7) is 0. The van der Waals surface area contributed by atoms with E-state index in [1.54, 1.807) is 6.20 Å². The topological polar surface area (TPSA) is 51.5 Å². The van der Waals surface area contributed by atoms with Gasteiger partial charge in [-0.2, -0.15) is 0 Å². The molecule has 0 aliphatic carbocycles. The molecule has 0 saturated carbocycles. The summed E-state index contributed by atoms with van der Waals surface area (Å²) in [6.07, 6.45) is 3.10. The van der Waals surface area contributed by atoms with Crippen molar-refractivity contribution in [3.8, 4) is 0 Å². The van der Waals surface area contributed by atoms with Crippen LogP contribution in [-0.2, 0) is 16.0 Å². The molecule has 1 aromatic rings. The molecule has 14 heavy (non-hydrogen) atoms. The molecule has 2 heterocycles.